The fourth-order valence-electron chi connectivity index (χ4n) is 3.29. The van der Waals surface area contributed by atoms with Crippen LogP contribution in [0.2, 0.25) is 0 Å². The van der Waals surface area contributed by atoms with Gasteiger partial charge in [-0.2, -0.15) is 9.97 Å². The molecule has 12 heteroatoms. The van der Waals surface area contributed by atoms with E-state index in [9.17, 15) is 14.4 Å². The zero-order chi connectivity index (χ0) is 24.7. The number of nitrogen functional groups attached to an aromatic ring is 1. The molecule has 1 atom stereocenters. The Labute approximate surface area is 194 Å². The molecule has 1 aromatic carbocycles. The van der Waals surface area contributed by atoms with Crippen LogP contribution in [0.25, 0.3) is 11.2 Å². The number of imidazole rings is 1. The van der Waals surface area contributed by atoms with Crippen LogP contribution in [0.1, 0.15) is 37.8 Å². The Hall–Kier alpha value is -3.93. The topological polar surface area (TPSA) is 172 Å². The zero-order valence-corrected chi connectivity index (χ0v) is 18.9. The molecular formula is C22H27N5O7. The number of benzene rings is 1. The van der Waals surface area contributed by atoms with E-state index in [1.807, 2.05) is 0 Å². The third-order valence-electron chi connectivity index (χ3n) is 4.72. The molecule has 0 saturated heterocycles. The minimum atomic E-state index is -0.983. The second-order valence-electron chi connectivity index (χ2n) is 7.55. The molecule has 3 aromatic rings. The van der Waals surface area contributed by atoms with Crippen LogP contribution in [0.5, 0.6) is 6.01 Å². The Balaban J connectivity index is 1.76. The molecule has 0 aliphatic rings. The largest absolute Gasteiger partial charge is 0.463 e. The van der Waals surface area contributed by atoms with Gasteiger partial charge in [-0.15, -0.1) is 0 Å². The number of H-pyrrole nitrogens is 1. The van der Waals surface area contributed by atoms with Crippen molar-refractivity contribution in [2.75, 3.05) is 18.9 Å². The number of nitrogens with one attached hydrogen (secondary N) is 1. The summed E-state index contributed by atoms with van der Waals surface area (Å²) in [5, 5.41) is 8.87. The highest BCUT2D eigenvalue weighted by atomic mass is 16.7. The van der Waals surface area contributed by atoms with Crippen molar-refractivity contribution in [1.82, 2.24) is 19.5 Å². The van der Waals surface area contributed by atoms with Crippen molar-refractivity contribution in [2.45, 2.75) is 45.9 Å². The normalized spacial score (nSPS) is 11.9. The average Bonchev–Trinajstić information content (AvgIpc) is 3.06. The fourth-order valence-corrected chi connectivity index (χ4v) is 3.29. The lowest BCUT2D eigenvalue weighted by Gasteiger charge is -2.13. The van der Waals surface area contributed by atoms with Gasteiger partial charge in [0, 0.05) is 20.5 Å². The van der Waals surface area contributed by atoms with E-state index >= 15 is 0 Å². The van der Waals surface area contributed by atoms with E-state index in [2.05, 4.69) is 15.0 Å². The molecule has 0 spiro atoms. The summed E-state index contributed by atoms with van der Waals surface area (Å²) in [7, 11) is 0. The maximum Gasteiger partial charge on any atom is 0.328 e. The number of aliphatic hydroxyl groups is 1. The number of hydrogen-bond acceptors (Lipinski definition) is 10. The van der Waals surface area contributed by atoms with Crippen molar-refractivity contribution in [3.05, 3.63) is 45.9 Å². The van der Waals surface area contributed by atoms with Gasteiger partial charge in [0.2, 0.25) is 6.29 Å². The van der Waals surface area contributed by atoms with Gasteiger partial charge in [-0.3, -0.25) is 14.2 Å². The van der Waals surface area contributed by atoms with Crippen LogP contribution in [0, 0.1) is 0 Å². The highest BCUT2D eigenvalue weighted by molar-refractivity contribution is 5.82. The second kappa shape index (κ2) is 11.3. The molecule has 3 rings (SSSR count). The van der Waals surface area contributed by atoms with Crippen molar-refractivity contribution in [3.63, 3.8) is 0 Å². The smallest absolute Gasteiger partial charge is 0.328 e. The first kappa shape index (κ1) is 24.7. The number of hydrogen-bond donors (Lipinski definition) is 3. The quantitative estimate of drug-likeness (QED) is 0.206. The lowest BCUT2D eigenvalue weighted by molar-refractivity contribution is -0.182. The standard InChI is InChI=1S/C22H27N5O7/c1-13(29)33-14(2)34-17(30)11-15-6-5-7-16(10-15)12-27-20-18(24-22(27)31)19(23)25-21(26-20)32-9-4-3-8-28/h5-7,10,14,28H,3-4,8-9,11-12H2,1-2H3,(H,24,31)(H2,23,25,26). The maximum atomic E-state index is 12.6. The number of unbranched alkanes of at least 4 members (excludes halogenated alkanes) is 1. The third-order valence-corrected chi connectivity index (χ3v) is 4.72. The van der Waals surface area contributed by atoms with Crippen molar-refractivity contribution in [2.24, 2.45) is 0 Å². The number of aromatic amines is 1. The minimum Gasteiger partial charge on any atom is -0.463 e. The number of nitrogens with zero attached hydrogens (tertiary/aromatic N) is 3. The number of carbonyl (C=O) groups excluding carboxylic acids is 2. The van der Waals surface area contributed by atoms with Crippen LogP contribution in [-0.4, -0.2) is 56.1 Å². The molecule has 0 saturated carbocycles. The number of aliphatic hydroxyl groups excluding tert-OH is 1. The van der Waals surface area contributed by atoms with Gasteiger partial charge in [0.1, 0.15) is 5.52 Å². The van der Waals surface area contributed by atoms with E-state index in [4.69, 9.17) is 25.1 Å². The summed E-state index contributed by atoms with van der Waals surface area (Å²) >= 11 is 0. The molecule has 2 aromatic heterocycles. The van der Waals surface area contributed by atoms with Gasteiger partial charge in [-0.05, 0) is 24.0 Å². The first-order chi connectivity index (χ1) is 16.3. The highest BCUT2D eigenvalue weighted by Crippen LogP contribution is 2.19. The van der Waals surface area contributed by atoms with Crippen molar-refractivity contribution in [1.29, 1.82) is 0 Å². The van der Waals surface area contributed by atoms with Crippen LogP contribution < -0.4 is 16.2 Å². The first-order valence-corrected chi connectivity index (χ1v) is 10.7. The minimum absolute atomic E-state index is 0.0362. The van der Waals surface area contributed by atoms with Gasteiger partial charge in [0.15, 0.2) is 11.5 Å². The summed E-state index contributed by atoms with van der Waals surface area (Å²) in [5.74, 6) is -1.02. The molecule has 0 bridgehead atoms. The van der Waals surface area contributed by atoms with Gasteiger partial charge in [0.05, 0.1) is 19.6 Å². The molecule has 182 valence electrons. The molecule has 12 nitrogen and oxygen atoms in total. The van der Waals surface area contributed by atoms with Crippen LogP contribution in [0.15, 0.2) is 29.1 Å². The Kier molecular flexibility index (Phi) is 8.19. The first-order valence-electron chi connectivity index (χ1n) is 10.7. The average molecular weight is 473 g/mol. The summed E-state index contributed by atoms with van der Waals surface area (Å²) < 4.78 is 16.8. The van der Waals surface area contributed by atoms with Gasteiger partial charge in [0.25, 0.3) is 0 Å². The summed E-state index contributed by atoms with van der Waals surface area (Å²) in [6, 6.07) is 7.11. The maximum absolute atomic E-state index is 12.6. The summed E-state index contributed by atoms with van der Waals surface area (Å²) in [6.07, 6.45) is 0.178. The fraction of sp³-hybridized carbons (Fsp3) is 0.409. The lowest BCUT2D eigenvalue weighted by Crippen LogP contribution is -2.21. The van der Waals surface area contributed by atoms with E-state index in [1.165, 1.54) is 18.4 Å². The predicted molar refractivity (Wildman–Crippen MR) is 121 cm³/mol. The van der Waals surface area contributed by atoms with Crippen LogP contribution in [0.3, 0.4) is 0 Å². The van der Waals surface area contributed by atoms with Crippen molar-refractivity contribution in [3.8, 4) is 6.01 Å². The number of carbonyl (C=O) groups is 2. The molecule has 1 unspecified atom stereocenters. The van der Waals surface area contributed by atoms with Crippen LogP contribution in [-0.2, 0) is 32.0 Å². The number of esters is 2. The second-order valence-corrected chi connectivity index (χ2v) is 7.55. The van der Waals surface area contributed by atoms with E-state index in [0.29, 0.717) is 30.5 Å². The number of fused-ring (bicyclic) bond motifs is 1. The third kappa shape index (κ3) is 6.54. The number of ether oxygens (including phenoxy) is 3. The lowest BCUT2D eigenvalue weighted by atomic mass is 10.1. The molecule has 2 heterocycles. The Morgan fingerprint density at radius 1 is 1.21 bits per heavy atom. The van der Waals surface area contributed by atoms with E-state index in [0.717, 1.165) is 5.56 Å². The summed E-state index contributed by atoms with van der Waals surface area (Å²) in [5.41, 5.74) is 7.54. The van der Waals surface area contributed by atoms with Gasteiger partial charge >= 0.3 is 23.6 Å². The SMILES string of the molecule is CC(=O)OC(C)OC(=O)Cc1cccc(Cn2c(=O)[nH]c3c(N)nc(OCCCCO)nc32)c1. The number of nitrogens with two attached hydrogens (primary N) is 1. The highest BCUT2D eigenvalue weighted by Gasteiger charge is 2.16. The van der Waals surface area contributed by atoms with E-state index < -0.39 is 23.9 Å². The van der Waals surface area contributed by atoms with Crippen LogP contribution >= 0.6 is 0 Å². The van der Waals surface area contributed by atoms with Crippen LogP contribution in [0.4, 0.5) is 5.82 Å². The van der Waals surface area contributed by atoms with Crippen molar-refractivity contribution < 1.29 is 28.9 Å². The van der Waals surface area contributed by atoms with Crippen molar-refractivity contribution >= 4 is 28.9 Å². The Morgan fingerprint density at radius 3 is 2.71 bits per heavy atom. The molecule has 0 fully saturated rings. The summed E-state index contributed by atoms with van der Waals surface area (Å²) in [4.78, 5) is 46.7. The molecule has 0 amide bonds. The summed E-state index contributed by atoms with van der Waals surface area (Å²) in [6.45, 7) is 3.20. The molecule has 0 aliphatic heterocycles. The molecule has 0 aliphatic carbocycles. The Bertz CT molecular complexity index is 1220. The Morgan fingerprint density at radius 2 is 1.97 bits per heavy atom. The number of anilines is 1. The van der Waals surface area contributed by atoms with Gasteiger partial charge < -0.3 is 30.0 Å². The number of aromatic nitrogens is 4. The predicted octanol–water partition coefficient (Wildman–Crippen LogP) is 0.896. The molecule has 34 heavy (non-hydrogen) atoms. The van der Waals surface area contributed by atoms with E-state index in [-0.39, 0.29) is 37.0 Å². The van der Waals surface area contributed by atoms with E-state index in [1.54, 1.807) is 24.3 Å². The van der Waals surface area contributed by atoms with Gasteiger partial charge in [-0.1, -0.05) is 24.3 Å². The number of rotatable bonds is 11. The van der Waals surface area contributed by atoms with Gasteiger partial charge in [-0.25, -0.2) is 4.79 Å². The molecular weight excluding hydrogens is 446 g/mol. The monoisotopic (exact) mass is 473 g/mol. The molecule has 4 N–H and O–H groups in total. The zero-order valence-electron chi connectivity index (χ0n) is 18.9. The molecule has 0 radical (unpaired) electrons.